The highest BCUT2D eigenvalue weighted by Crippen LogP contribution is 2.31. The zero-order chi connectivity index (χ0) is 19.6. The Labute approximate surface area is 155 Å². The van der Waals surface area contributed by atoms with Crippen LogP contribution in [0.5, 0.6) is 11.5 Å². The number of hydrogen-bond acceptors (Lipinski definition) is 6. The van der Waals surface area contributed by atoms with Gasteiger partial charge in [-0.2, -0.15) is 8.42 Å². The molecule has 0 unspecified atom stereocenters. The highest BCUT2D eigenvalue weighted by Gasteiger charge is 2.35. The number of nitrogens with one attached hydrogen (secondary N) is 2. The van der Waals surface area contributed by atoms with E-state index < -0.39 is 22.7 Å². The van der Waals surface area contributed by atoms with Crippen molar-refractivity contribution < 1.29 is 28.2 Å². The maximum Gasteiger partial charge on any atom is 0.326 e. The Bertz CT molecular complexity index is 1010. The maximum atomic E-state index is 12.0. The van der Waals surface area contributed by atoms with Crippen LogP contribution in [0.25, 0.3) is 0 Å². The second kappa shape index (κ2) is 7.16. The quantitative estimate of drug-likeness (QED) is 0.558. The minimum Gasteiger partial charge on any atom is -0.506 e. The van der Waals surface area contributed by atoms with Crippen LogP contribution >= 0.6 is 0 Å². The largest absolute Gasteiger partial charge is 0.506 e. The summed E-state index contributed by atoms with van der Waals surface area (Å²) in [5.74, 6) is -1.35. The topological polar surface area (TPSA) is 136 Å². The van der Waals surface area contributed by atoms with E-state index in [0.717, 1.165) is 4.31 Å². The molecule has 1 aliphatic rings. The van der Waals surface area contributed by atoms with Crippen LogP contribution in [0.1, 0.15) is 12.0 Å². The van der Waals surface area contributed by atoms with Crippen LogP contribution in [0.4, 0.5) is 11.4 Å². The highest BCUT2D eigenvalue weighted by atomic mass is 32.2. The van der Waals surface area contributed by atoms with Gasteiger partial charge < -0.3 is 15.5 Å². The molecule has 142 valence electrons. The first-order valence-corrected chi connectivity index (χ1v) is 9.43. The van der Waals surface area contributed by atoms with Crippen molar-refractivity contribution in [2.24, 2.45) is 0 Å². The van der Waals surface area contributed by atoms with Crippen molar-refractivity contribution in [1.82, 2.24) is 4.72 Å². The van der Waals surface area contributed by atoms with Gasteiger partial charge in [0.1, 0.15) is 18.0 Å². The lowest BCUT2D eigenvalue weighted by molar-refractivity contribution is -0.117. The van der Waals surface area contributed by atoms with Crippen molar-refractivity contribution >= 4 is 33.4 Å². The molecule has 1 aliphatic heterocycles. The standard InChI is InChI=1S/C17H17N3O6S/c21-14-4-2-1-3-12(14)18-16(23)8-6-11-5-7-13(15(22)9-11)20-10-17(24)19-27(20,25)26/h1-5,7,9,21-22H,6,8,10H2,(H,18,23)(H,19,24). The van der Waals surface area contributed by atoms with Gasteiger partial charge in [-0.25, -0.2) is 9.03 Å². The second-order valence-corrected chi connectivity index (χ2v) is 7.52. The molecular formula is C17H17N3O6S. The lowest BCUT2D eigenvalue weighted by Gasteiger charge is -2.16. The van der Waals surface area contributed by atoms with Crippen molar-refractivity contribution in [2.45, 2.75) is 12.8 Å². The molecule has 1 heterocycles. The monoisotopic (exact) mass is 391 g/mol. The van der Waals surface area contributed by atoms with E-state index in [2.05, 4.69) is 5.32 Å². The summed E-state index contributed by atoms with van der Waals surface area (Å²) in [6.07, 6.45) is 0.381. The molecule has 0 saturated carbocycles. The SMILES string of the molecule is O=C(CCc1ccc(N2CC(=O)NS2(=O)=O)c(O)c1)Nc1ccccc1O. The lowest BCUT2D eigenvalue weighted by Crippen LogP contribution is -2.29. The van der Waals surface area contributed by atoms with Crippen LogP contribution < -0.4 is 14.3 Å². The first-order valence-electron chi connectivity index (χ1n) is 7.99. The first kappa shape index (κ1) is 18.5. The Morgan fingerprint density at radius 2 is 1.89 bits per heavy atom. The molecule has 27 heavy (non-hydrogen) atoms. The van der Waals surface area contributed by atoms with Gasteiger partial charge in [0, 0.05) is 6.42 Å². The third kappa shape index (κ3) is 4.11. The van der Waals surface area contributed by atoms with E-state index >= 15 is 0 Å². The summed E-state index contributed by atoms with van der Waals surface area (Å²) >= 11 is 0. The van der Waals surface area contributed by atoms with Gasteiger partial charge in [-0.3, -0.25) is 9.59 Å². The third-order valence-electron chi connectivity index (χ3n) is 3.95. The van der Waals surface area contributed by atoms with Gasteiger partial charge in [0.05, 0.1) is 11.4 Å². The van der Waals surface area contributed by atoms with Crippen LogP contribution in [0.15, 0.2) is 42.5 Å². The molecule has 0 atom stereocenters. The number of hydrogen-bond donors (Lipinski definition) is 4. The van der Waals surface area contributed by atoms with Crippen LogP contribution in [0.2, 0.25) is 0 Å². The van der Waals surface area contributed by atoms with Crippen LogP contribution in [-0.2, 0) is 26.2 Å². The van der Waals surface area contributed by atoms with Crippen molar-refractivity contribution in [2.75, 3.05) is 16.2 Å². The molecule has 1 saturated heterocycles. The number of amides is 2. The molecule has 0 aliphatic carbocycles. The second-order valence-electron chi connectivity index (χ2n) is 5.93. The van der Waals surface area contributed by atoms with Crippen molar-refractivity contribution in [1.29, 1.82) is 0 Å². The first-order chi connectivity index (χ1) is 12.8. The molecule has 1 fully saturated rings. The van der Waals surface area contributed by atoms with Gasteiger partial charge in [0.15, 0.2) is 0 Å². The smallest absolute Gasteiger partial charge is 0.326 e. The molecule has 0 bridgehead atoms. The summed E-state index contributed by atoms with van der Waals surface area (Å²) in [4.78, 5) is 23.3. The van der Waals surface area contributed by atoms with Crippen LogP contribution in [-0.4, -0.2) is 37.0 Å². The predicted molar refractivity (Wildman–Crippen MR) is 97.6 cm³/mol. The van der Waals surface area contributed by atoms with Gasteiger partial charge in [0.25, 0.3) is 5.91 Å². The molecule has 0 spiro atoms. The fourth-order valence-corrected chi connectivity index (χ4v) is 3.81. The number of carbonyl (C=O) groups is 2. The molecule has 2 aromatic carbocycles. The molecular weight excluding hydrogens is 374 g/mol. The van der Waals surface area contributed by atoms with Gasteiger partial charge >= 0.3 is 10.2 Å². The van der Waals surface area contributed by atoms with E-state index in [1.54, 1.807) is 24.3 Å². The van der Waals surface area contributed by atoms with Crippen LogP contribution in [0.3, 0.4) is 0 Å². The number of anilines is 2. The summed E-state index contributed by atoms with van der Waals surface area (Å²) < 4.78 is 26.3. The molecule has 0 radical (unpaired) electrons. The Kier molecular flexibility index (Phi) is 4.91. The minimum absolute atomic E-state index is 0.0178. The average molecular weight is 391 g/mol. The Morgan fingerprint density at radius 3 is 2.52 bits per heavy atom. The van der Waals surface area contributed by atoms with Gasteiger partial charge in [-0.1, -0.05) is 18.2 Å². The van der Waals surface area contributed by atoms with E-state index in [9.17, 15) is 28.2 Å². The third-order valence-corrected chi connectivity index (χ3v) is 5.34. The molecule has 10 heteroatoms. The van der Waals surface area contributed by atoms with Crippen molar-refractivity contribution in [3.63, 3.8) is 0 Å². The summed E-state index contributed by atoms with van der Waals surface area (Å²) in [6.45, 7) is -0.405. The van der Waals surface area contributed by atoms with Crippen molar-refractivity contribution in [3.8, 4) is 11.5 Å². The van der Waals surface area contributed by atoms with E-state index in [-0.39, 0.29) is 35.9 Å². The minimum atomic E-state index is -4.00. The lowest BCUT2D eigenvalue weighted by atomic mass is 10.1. The van der Waals surface area contributed by atoms with Gasteiger partial charge in [0.2, 0.25) is 5.91 Å². The fraction of sp³-hybridized carbons (Fsp3) is 0.176. The molecule has 2 aromatic rings. The number of rotatable bonds is 5. The Balaban J connectivity index is 1.65. The number of benzene rings is 2. The van der Waals surface area contributed by atoms with Crippen LogP contribution in [0, 0.1) is 0 Å². The Hall–Kier alpha value is -3.27. The number of para-hydroxylation sites is 2. The zero-order valence-corrected chi connectivity index (χ0v) is 14.9. The van der Waals surface area contributed by atoms with Gasteiger partial charge in [-0.05, 0) is 36.2 Å². The maximum absolute atomic E-state index is 12.0. The zero-order valence-electron chi connectivity index (χ0n) is 14.0. The number of nitrogens with zero attached hydrogens (tertiary/aromatic N) is 1. The fourth-order valence-electron chi connectivity index (χ4n) is 2.65. The summed E-state index contributed by atoms with van der Waals surface area (Å²) in [5, 5.41) is 22.4. The molecule has 9 nitrogen and oxygen atoms in total. The Morgan fingerprint density at radius 1 is 1.15 bits per heavy atom. The van der Waals surface area contributed by atoms with Gasteiger partial charge in [-0.15, -0.1) is 0 Å². The van der Waals surface area contributed by atoms with E-state index in [0.29, 0.717) is 11.3 Å². The molecule has 0 aromatic heterocycles. The molecule has 2 amide bonds. The predicted octanol–water partition coefficient (Wildman–Crippen LogP) is 0.850. The summed E-state index contributed by atoms with van der Waals surface area (Å²) in [7, 11) is -4.00. The summed E-state index contributed by atoms with van der Waals surface area (Å²) in [6, 6.07) is 10.6. The number of aromatic hydroxyl groups is 2. The molecule has 4 N–H and O–H groups in total. The van der Waals surface area contributed by atoms with Crippen molar-refractivity contribution in [3.05, 3.63) is 48.0 Å². The van der Waals surface area contributed by atoms with E-state index in [1.807, 2.05) is 4.72 Å². The average Bonchev–Trinajstić information content (AvgIpc) is 2.87. The number of phenols is 2. The van der Waals surface area contributed by atoms with E-state index in [1.165, 1.54) is 18.2 Å². The highest BCUT2D eigenvalue weighted by molar-refractivity contribution is 7.92. The number of phenolic OH excluding ortho intramolecular Hbond substituents is 2. The normalized spacial score (nSPS) is 15.4. The molecule has 3 rings (SSSR count). The van der Waals surface area contributed by atoms with E-state index in [4.69, 9.17) is 0 Å². The number of carbonyl (C=O) groups excluding carboxylic acids is 2. The summed E-state index contributed by atoms with van der Waals surface area (Å²) in [5.41, 5.74) is 0.896. The number of aryl methyl sites for hydroxylation is 1.